The zero-order valence-electron chi connectivity index (χ0n) is 13.2. The fourth-order valence-corrected chi connectivity index (χ4v) is 1.82. The zero-order valence-corrected chi connectivity index (χ0v) is 15.5. The Balaban J connectivity index is 0.00000264. The molecule has 0 unspecified atom stereocenters. The largest absolute Gasteiger partial charge is 0.457 e. The zero-order chi connectivity index (χ0) is 15.8. The van der Waals surface area contributed by atoms with E-state index in [0.717, 1.165) is 22.6 Å². The summed E-state index contributed by atoms with van der Waals surface area (Å²) < 4.78 is 5.90. The number of nitrogens with zero attached hydrogens (tertiary/aromatic N) is 1. The molecular weight excluding hydrogens is 401 g/mol. The molecule has 122 valence electrons. The van der Waals surface area contributed by atoms with Crippen molar-refractivity contribution in [3.8, 4) is 11.5 Å². The molecule has 23 heavy (non-hydrogen) atoms. The summed E-state index contributed by atoms with van der Waals surface area (Å²) in [5.41, 5.74) is 7.81. The van der Waals surface area contributed by atoms with Crippen LogP contribution < -0.4 is 15.8 Å². The second-order valence-electron chi connectivity index (χ2n) is 5.03. The average Bonchev–Trinajstić information content (AvgIpc) is 2.53. The monoisotopic (exact) mass is 423 g/mol. The van der Waals surface area contributed by atoms with E-state index in [9.17, 15) is 0 Å². The number of aliphatic imine (C=N–C) groups is 1. The maximum atomic E-state index is 5.90. The molecule has 2 rings (SSSR count). The summed E-state index contributed by atoms with van der Waals surface area (Å²) in [4.78, 5) is 4.33. The Hall–Kier alpha value is -2.02. The molecule has 0 heterocycles. The number of nitrogens with one attached hydrogen (secondary N) is 1. The van der Waals surface area contributed by atoms with Gasteiger partial charge in [0.15, 0.2) is 5.96 Å². The summed E-state index contributed by atoms with van der Waals surface area (Å²) in [6, 6.07) is 17.5. The summed E-state index contributed by atoms with van der Waals surface area (Å²) in [6.07, 6.45) is 0. The van der Waals surface area contributed by atoms with E-state index in [4.69, 9.17) is 10.5 Å². The Morgan fingerprint density at radius 1 is 1.13 bits per heavy atom. The van der Waals surface area contributed by atoms with Crippen molar-refractivity contribution in [2.45, 2.75) is 13.5 Å². The van der Waals surface area contributed by atoms with Crippen LogP contribution in [0.3, 0.4) is 0 Å². The third-order valence-corrected chi connectivity index (χ3v) is 2.93. The van der Waals surface area contributed by atoms with E-state index in [1.807, 2.05) is 61.5 Å². The van der Waals surface area contributed by atoms with Gasteiger partial charge in [0.1, 0.15) is 11.5 Å². The van der Waals surface area contributed by atoms with Gasteiger partial charge in [-0.25, -0.2) is 4.99 Å². The van der Waals surface area contributed by atoms with Gasteiger partial charge in [-0.05, 0) is 25.1 Å². The molecule has 0 bridgehead atoms. The normalized spacial score (nSPS) is 10.6. The predicted octanol–water partition coefficient (Wildman–Crippen LogP) is 4.08. The Labute approximate surface area is 154 Å². The Kier molecular flexibility index (Phi) is 8.18. The second-order valence-corrected chi connectivity index (χ2v) is 5.03. The summed E-state index contributed by atoms with van der Waals surface area (Å²) >= 11 is 0. The average molecular weight is 423 g/mol. The highest BCUT2D eigenvalue weighted by atomic mass is 127. The van der Waals surface area contributed by atoms with Gasteiger partial charge in [-0.15, -0.1) is 24.0 Å². The summed E-state index contributed by atoms with van der Waals surface area (Å²) in [7, 11) is 0. The van der Waals surface area contributed by atoms with E-state index < -0.39 is 0 Å². The van der Waals surface area contributed by atoms with E-state index in [0.29, 0.717) is 19.0 Å². The van der Waals surface area contributed by atoms with Gasteiger partial charge in [0.05, 0.1) is 6.54 Å². The van der Waals surface area contributed by atoms with Gasteiger partial charge < -0.3 is 15.8 Å². The highest BCUT2D eigenvalue weighted by molar-refractivity contribution is 14.0. The van der Waals surface area contributed by atoms with Crippen molar-refractivity contribution in [1.82, 2.24) is 5.32 Å². The Bertz CT molecular complexity index is 656. The number of guanidine groups is 1. The van der Waals surface area contributed by atoms with Crippen LogP contribution >= 0.6 is 24.0 Å². The molecule has 0 aliphatic carbocycles. The van der Waals surface area contributed by atoms with E-state index in [-0.39, 0.29) is 24.0 Å². The summed E-state index contributed by atoms with van der Waals surface area (Å²) in [5, 5.41) is 3.01. The van der Waals surface area contributed by atoms with Gasteiger partial charge in [-0.2, -0.15) is 0 Å². The van der Waals surface area contributed by atoms with Crippen LogP contribution in [0.1, 0.15) is 12.5 Å². The SMILES string of the molecule is C=C(C)CNC(N)=NCc1ccccc1Oc1ccccc1.I. The molecule has 0 saturated carbocycles. The van der Waals surface area contributed by atoms with Crippen LogP contribution in [0.15, 0.2) is 71.7 Å². The number of para-hydroxylation sites is 2. The minimum atomic E-state index is 0. The first kappa shape index (κ1) is 19.0. The number of hydrogen-bond acceptors (Lipinski definition) is 2. The van der Waals surface area contributed by atoms with Crippen molar-refractivity contribution in [1.29, 1.82) is 0 Å². The van der Waals surface area contributed by atoms with Gasteiger partial charge in [-0.1, -0.05) is 48.6 Å². The topological polar surface area (TPSA) is 59.6 Å². The molecule has 0 fully saturated rings. The molecular formula is C18H22IN3O. The number of benzene rings is 2. The Morgan fingerprint density at radius 3 is 2.48 bits per heavy atom. The van der Waals surface area contributed by atoms with Gasteiger partial charge in [0.25, 0.3) is 0 Å². The molecule has 2 aromatic rings. The lowest BCUT2D eigenvalue weighted by molar-refractivity contribution is 0.476. The first-order valence-corrected chi connectivity index (χ1v) is 7.14. The molecule has 2 aromatic carbocycles. The van der Waals surface area contributed by atoms with Gasteiger partial charge in [0, 0.05) is 12.1 Å². The number of ether oxygens (including phenoxy) is 1. The van der Waals surface area contributed by atoms with Crippen LogP contribution in [0.4, 0.5) is 0 Å². The van der Waals surface area contributed by atoms with Crippen molar-refractivity contribution in [3.05, 3.63) is 72.3 Å². The molecule has 5 heteroatoms. The number of halogens is 1. The number of nitrogens with two attached hydrogens (primary N) is 1. The van der Waals surface area contributed by atoms with Crippen molar-refractivity contribution < 1.29 is 4.74 Å². The minimum Gasteiger partial charge on any atom is -0.457 e. The molecule has 0 aliphatic heterocycles. The maximum absolute atomic E-state index is 5.90. The fourth-order valence-electron chi connectivity index (χ4n) is 1.82. The van der Waals surface area contributed by atoms with E-state index >= 15 is 0 Å². The first-order chi connectivity index (χ1) is 10.6. The summed E-state index contributed by atoms with van der Waals surface area (Å²) in [6.45, 7) is 6.83. The smallest absolute Gasteiger partial charge is 0.189 e. The van der Waals surface area contributed by atoms with E-state index in [2.05, 4.69) is 16.9 Å². The Morgan fingerprint density at radius 2 is 1.78 bits per heavy atom. The van der Waals surface area contributed by atoms with Crippen molar-refractivity contribution in [3.63, 3.8) is 0 Å². The lowest BCUT2D eigenvalue weighted by atomic mass is 10.2. The van der Waals surface area contributed by atoms with Crippen LogP contribution in [0, 0.1) is 0 Å². The fraction of sp³-hybridized carbons (Fsp3) is 0.167. The summed E-state index contributed by atoms with van der Waals surface area (Å²) in [5.74, 6) is 1.98. The van der Waals surface area contributed by atoms with Crippen LogP contribution in [0.5, 0.6) is 11.5 Å². The molecule has 0 spiro atoms. The number of hydrogen-bond donors (Lipinski definition) is 2. The molecule has 0 saturated heterocycles. The quantitative estimate of drug-likeness (QED) is 0.319. The maximum Gasteiger partial charge on any atom is 0.189 e. The number of rotatable bonds is 6. The van der Waals surface area contributed by atoms with Crippen LogP contribution in [0.2, 0.25) is 0 Å². The highest BCUT2D eigenvalue weighted by Crippen LogP contribution is 2.25. The molecule has 0 atom stereocenters. The molecule has 0 radical (unpaired) electrons. The van der Waals surface area contributed by atoms with Gasteiger partial charge in [0.2, 0.25) is 0 Å². The van der Waals surface area contributed by atoms with Crippen LogP contribution in [-0.4, -0.2) is 12.5 Å². The van der Waals surface area contributed by atoms with Gasteiger partial charge in [-0.3, -0.25) is 0 Å². The standard InChI is InChI=1S/C18H21N3O.HI/c1-14(2)12-20-18(19)21-13-15-8-6-7-11-17(15)22-16-9-4-3-5-10-16;/h3-11H,1,12-13H2,2H3,(H3,19,20,21);1H. The lowest BCUT2D eigenvalue weighted by Gasteiger charge is -2.10. The van der Waals surface area contributed by atoms with Crippen LogP contribution in [0.25, 0.3) is 0 Å². The third-order valence-electron chi connectivity index (χ3n) is 2.93. The van der Waals surface area contributed by atoms with Crippen LogP contribution in [-0.2, 0) is 6.54 Å². The highest BCUT2D eigenvalue weighted by Gasteiger charge is 2.04. The lowest BCUT2D eigenvalue weighted by Crippen LogP contribution is -2.32. The van der Waals surface area contributed by atoms with Crippen molar-refractivity contribution >= 4 is 29.9 Å². The molecule has 0 aromatic heterocycles. The van der Waals surface area contributed by atoms with Crippen molar-refractivity contribution in [2.24, 2.45) is 10.7 Å². The minimum absolute atomic E-state index is 0. The molecule has 3 N–H and O–H groups in total. The third kappa shape index (κ3) is 6.73. The van der Waals surface area contributed by atoms with E-state index in [1.165, 1.54) is 0 Å². The second kappa shape index (κ2) is 9.89. The molecule has 0 aliphatic rings. The van der Waals surface area contributed by atoms with Gasteiger partial charge >= 0.3 is 0 Å². The van der Waals surface area contributed by atoms with Crippen molar-refractivity contribution in [2.75, 3.05) is 6.54 Å². The predicted molar refractivity (Wildman–Crippen MR) is 107 cm³/mol. The first-order valence-electron chi connectivity index (χ1n) is 7.14. The molecule has 0 amide bonds. The molecule has 4 nitrogen and oxygen atoms in total. The van der Waals surface area contributed by atoms with E-state index in [1.54, 1.807) is 0 Å².